The van der Waals surface area contributed by atoms with E-state index in [4.69, 9.17) is 9.47 Å². The Bertz CT molecular complexity index is 1490. The van der Waals surface area contributed by atoms with Crippen molar-refractivity contribution >= 4 is 11.6 Å². The number of halogens is 4. The minimum Gasteiger partial charge on any atom is -0.491 e. The lowest BCUT2D eigenvalue weighted by Gasteiger charge is -2.16. The third-order valence-corrected chi connectivity index (χ3v) is 6.37. The number of rotatable bonds is 8. The van der Waals surface area contributed by atoms with Crippen molar-refractivity contribution in [3.63, 3.8) is 0 Å². The van der Waals surface area contributed by atoms with Gasteiger partial charge in [-0.3, -0.25) is 9.78 Å². The van der Waals surface area contributed by atoms with Gasteiger partial charge < -0.3 is 14.8 Å². The van der Waals surface area contributed by atoms with Crippen LogP contribution in [-0.2, 0) is 17.3 Å². The second-order valence-electron chi connectivity index (χ2n) is 9.22. The third kappa shape index (κ3) is 6.60. The zero-order valence-electron chi connectivity index (χ0n) is 21.1. The van der Waals surface area contributed by atoms with Crippen molar-refractivity contribution in [2.45, 2.75) is 31.5 Å². The van der Waals surface area contributed by atoms with Crippen LogP contribution in [0.4, 0.5) is 23.2 Å². The number of ether oxygens (including phenoxy) is 2. The van der Waals surface area contributed by atoms with Gasteiger partial charge in [-0.25, -0.2) is 14.4 Å². The molecule has 1 fully saturated rings. The summed E-state index contributed by atoms with van der Waals surface area (Å²) in [5.41, 5.74) is 0.988. The minimum atomic E-state index is -4.66. The van der Waals surface area contributed by atoms with E-state index >= 15 is 0 Å². The average Bonchev–Trinajstić information content (AvgIpc) is 3.47. The first-order valence-corrected chi connectivity index (χ1v) is 12.5. The zero-order chi connectivity index (χ0) is 28.1. The van der Waals surface area contributed by atoms with E-state index in [-0.39, 0.29) is 41.7 Å². The Balaban J connectivity index is 1.37. The number of anilines is 1. The fraction of sp³-hybridized carbons (Fsp3) is 0.241. The number of carbonyl (C=O) groups is 1. The Morgan fingerprint density at radius 3 is 2.70 bits per heavy atom. The Labute approximate surface area is 227 Å². The number of nitrogens with one attached hydrogen (secondary N) is 1. The molecular weight excluding hydrogens is 528 g/mol. The molecule has 40 heavy (non-hydrogen) atoms. The van der Waals surface area contributed by atoms with Crippen molar-refractivity contribution in [3.05, 3.63) is 102 Å². The Kier molecular flexibility index (Phi) is 8.01. The first kappa shape index (κ1) is 27.2. The summed E-state index contributed by atoms with van der Waals surface area (Å²) >= 11 is 0. The molecule has 1 atom stereocenters. The van der Waals surface area contributed by atoms with Crippen LogP contribution < -0.4 is 10.1 Å². The van der Waals surface area contributed by atoms with E-state index in [0.29, 0.717) is 23.6 Å². The van der Waals surface area contributed by atoms with Crippen LogP contribution in [0, 0.1) is 5.82 Å². The Morgan fingerprint density at radius 2 is 1.95 bits per heavy atom. The fourth-order valence-electron chi connectivity index (χ4n) is 4.38. The molecule has 0 radical (unpaired) electrons. The van der Waals surface area contributed by atoms with Crippen molar-refractivity contribution in [2.75, 3.05) is 18.5 Å². The van der Waals surface area contributed by atoms with Crippen LogP contribution in [0.3, 0.4) is 0 Å². The molecule has 1 N–H and O–H groups in total. The molecule has 1 saturated heterocycles. The van der Waals surface area contributed by atoms with Crippen LogP contribution in [0.2, 0.25) is 0 Å². The minimum absolute atomic E-state index is 0.0483. The fourth-order valence-corrected chi connectivity index (χ4v) is 4.38. The summed E-state index contributed by atoms with van der Waals surface area (Å²) in [4.78, 5) is 25.5. The van der Waals surface area contributed by atoms with Crippen LogP contribution in [0.5, 0.6) is 5.75 Å². The predicted octanol–water partition coefficient (Wildman–Crippen LogP) is 6.10. The number of hydrogen-bond donors (Lipinski definition) is 1. The maximum Gasteiger partial charge on any atom is 0.416 e. The number of hydrogen-bond acceptors (Lipinski definition) is 6. The number of aromatic nitrogens is 3. The van der Waals surface area contributed by atoms with Crippen LogP contribution in [0.25, 0.3) is 11.3 Å². The Morgan fingerprint density at radius 1 is 1.07 bits per heavy atom. The van der Waals surface area contributed by atoms with E-state index < -0.39 is 23.5 Å². The highest BCUT2D eigenvalue weighted by atomic mass is 19.4. The second-order valence-corrected chi connectivity index (χ2v) is 9.22. The van der Waals surface area contributed by atoms with E-state index in [0.717, 1.165) is 31.0 Å². The number of pyridine rings is 1. The number of amides is 1. The summed E-state index contributed by atoms with van der Waals surface area (Å²) < 4.78 is 66.5. The summed E-state index contributed by atoms with van der Waals surface area (Å²) in [6, 6.07) is 12.0. The molecule has 1 amide bonds. The molecule has 0 aliphatic carbocycles. The van der Waals surface area contributed by atoms with Crippen LogP contribution >= 0.6 is 0 Å². The van der Waals surface area contributed by atoms with Gasteiger partial charge in [0.1, 0.15) is 24.5 Å². The van der Waals surface area contributed by atoms with Crippen molar-refractivity contribution in [1.82, 2.24) is 15.0 Å². The molecular formula is C29H24F4N4O3. The van der Waals surface area contributed by atoms with Crippen LogP contribution in [0.15, 0.2) is 73.3 Å². The monoisotopic (exact) mass is 552 g/mol. The quantitative estimate of drug-likeness (QED) is 0.266. The molecule has 7 nitrogen and oxygen atoms in total. The molecule has 0 spiro atoms. The molecule has 11 heteroatoms. The number of nitrogens with zero attached hydrogens (tertiary/aromatic N) is 3. The predicted molar refractivity (Wildman–Crippen MR) is 138 cm³/mol. The maximum absolute atomic E-state index is 14.8. The van der Waals surface area contributed by atoms with Crippen LogP contribution in [-0.4, -0.2) is 40.2 Å². The van der Waals surface area contributed by atoms with Gasteiger partial charge in [0.05, 0.1) is 23.1 Å². The molecule has 1 aliphatic rings. The smallest absolute Gasteiger partial charge is 0.416 e. The van der Waals surface area contributed by atoms with Gasteiger partial charge in [0.15, 0.2) is 0 Å². The van der Waals surface area contributed by atoms with E-state index in [9.17, 15) is 22.4 Å². The average molecular weight is 553 g/mol. The Hall–Kier alpha value is -4.38. The van der Waals surface area contributed by atoms with Gasteiger partial charge in [-0.15, -0.1) is 0 Å². The summed E-state index contributed by atoms with van der Waals surface area (Å²) in [5.74, 6) is -1.31. The molecule has 3 heterocycles. The molecule has 0 bridgehead atoms. The zero-order valence-corrected chi connectivity index (χ0v) is 21.1. The first-order chi connectivity index (χ1) is 19.3. The van der Waals surface area contributed by atoms with Gasteiger partial charge >= 0.3 is 6.18 Å². The van der Waals surface area contributed by atoms with Crippen LogP contribution in [0.1, 0.15) is 40.0 Å². The lowest BCUT2D eigenvalue weighted by atomic mass is 10.0. The van der Waals surface area contributed by atoms with Gasteiger partial charge in [0.2, 0.25) is 0 Å². The molecule has 2 aromatic heterocycles. The molecule has 1 aliphatic heterocycles. The number of carbonyl (C=O) groups excluding carboxylic acids is 1. The summed E-state index contributed by atoms with van der Waals surface area (Å²) in [5, 5.41) is 2.48. The van der Waals surface area contributed by atoms with E-state index in [2.05, 4.69) is 20.3 Å². The van der Waals surface area contributed by atoms with Crippen molar-refractivity contribution < 1.29 is 31.8 Å². The normalized spacial score (nSPS) is 15.2. The third-order valence-electron chi connectivity index (χ3n) is 6.37. The highest BCUT2D eigenvalue weighted by Gasteiger charge is 2.32. The topological polar surface area (TPSA) is 86.2 Å². The summed E-state index contributed by atoms with van der Waals surface area (Å²) in [6.07, 6.45) is 1.36. The lowest BCUT2D eigenvalue weighted by molar-refractivity contribution is -0.137. The highest BCUT2D eigenvalue weighted by Crippen LogP contribution is 2.35. The number of benzene rings is 2. The van der Waals surface area contributed by atoms with E-state index in [1.54, 1.807) is 30.6 Å². The maximum atomic E-state index is 14.8. The number of alkyl halides is 3. The van der Waals surface area contributed by atoms with Crippen molar-refractivity contribution in [3.8, 4) is 17.0 Å². The van der Waals surface area contributed by atoms with Crippen molar-refractivity contribution in [1.29, 1.82) is 0 Å². The van der Waals surface area contributed by atoms with E-state index in [1.807, 2.05) is 0 Å². The molecule has 4 aromatic rings. The van der Waals surface area contributed by atoms with E-state index in [1.165, 1.54) is 24.5 Å². The lowest BCUT2D eigenvalue weighted by Crippen LogP contribution is -2.17. The largest absolute Gasteiger partial charge is 0.491 e. The molecule has 1 unspecified atom stereocenters. The van der Waals surface area contributed by atoms with Gasteiger partial charge in [-0.1, -0.05) is 0 Å². The van der Waals surface area contributed by atoms with Gasteiger partial charge in [0.25, 0.3) is 5.91 Å². The molecule has 0 saturated carbocycles. The van der Waals surface area contributed by atoms with Gasteiger partial charge in [-0.05, 0) is 66.9 Å². The standard InChI is InChI=1S/C29H24F4N4O3/c30-25-6-5-18(11-19(25)12-27-24(4-1-8-35-27)26-7-9-34-17-36-26)28(38)37-21-13-20(29(31,32)33)14-23(15-21)40-16-22-3-2-10-39-22/h1,4-9,11,13-15,17,22H,2-3,10,12,16H2,(H,37,38). The highest BCUT2D eigenvalue weighted by molar-refractivity contribution is 6.04. The molecule has 5 rings (SSSR count). The second kappa shape index (κ2) is 11.8. The van der Waals surface area contributed by atoms with Gasteiger partial charge in [-0.2, -0.15) is 13.2 Å². The summed E-state index contributed by atoms with van der Waals surface area (Å²) in [7, 11) is 0. The summed E-state index contributed by atoms with van der Waals surface area (Å²) in [6.45, 7) is 0.681. The SMILES string of the molecule is O=C(Nc1cc(OCC2CCCO2)cc(C(F)(F)F)c1)c1ccc(F)c(Cc2ncccc2-c2ccncn2)c1. The molecule has 2 aromatic carbocycles. The van der Waals surface area contributed by atoms with Gasteiger partial charge in [0, 0.05) is 48.3 Å². The van der Waals surface area contributed by atoms with Crippen molar-refractivity contribution in [2.24, 2.45) is 0 Å². The first-order valence-electron chi connectivity index (χ1n) is 12.5. The molecule has 206 valence electrons.